The van der Waals surface area contributed by atoms with Gasteiger partial charge in [-0.1, -0.05) is 11.6 Å². The first-order valence-electron chi connectivity index (χ1n) is 6.23. The Kier molecular flexibility index (Phi) is 4.03. The van der Waals surface area contributed by atoms with Crippen LogP contribution in [0.15, 0.2) is 48.1 Å². The first kappa shape index (κ1) is 13.9. The molecule has 3 rings (SSSR count). The number of rotatable bonds is 4. The highest BCUT2D eigenvalue weighted by molar-refractivity contribution is 7.14. The van der Waals surface area contributed by atoms with Crippen LogP contribution in [0.4, 0.5) is 10.8 Å². The van der Waals surface area contributed by atoms with E-state index in [0.717, 1.165) is 27.8 Å². The largest absolute Gasteiger partial charge is 0.495 e. The molecule has 2 heterocycles. The Morgan fingerprint density at radius 3 is 2.76 bits per heavy atom. The maximum Gasteiger partial charge on any atom is 0.187 e. The lowest BCUT2D eigenvalue weighted by Crippen LogP contribution is -1.94. The Balaban J connectivity index is 1.87. The molecule has 3 aromatic rings. The van der Waals surface area contributed by atoms with E-state index < -0.39 is 0 Å². The fourth-order valence-electron chi connectivity index (χ4n) is 1.88. The molecule has 0 atom stereocenters. The normalized spacial score (nSPS) is 10.4. The Hall–Kier alpha value is -2.11. The summed E-state index contributed by atoms with van der Waals surface area (Å²) in [4.78, 5) is 8.57. The molecule has 106 valence electrons. The Bertz CT molecular complexity index is 746. The molecule has 1 N–H and O–H groups in total. The molecule has 0 amide bonds. The van der Waals surface area contributed by atoms with Crippen molar-refractivity contribution in [3.8, 4) is 17.0 Å². The fourth-order valence-corrected chi connectivity index (χ4v) is 2.78. The van der Waals surface area contributed by atoms with Crippen molar-refractivity contribution in [1.29, 1.82) is 0 Å². The van der Waals surface area contributed by atoms with Crippen molar-refractivity contribution in [1.82, 2.24) is 9.97 Å². The molecule has 0 aliphatic rings. The summed E-state index contributed by atoms with van der Waals surface area (Å²) in [5.74, 6) is 0.722. The van der Waals surface area contributed by atoms with Crippen LogP contribution < -0.4 is 10.1 Å². The van der Waals surface area contributed by atoms with Gasteiger partial charge < -0.3 is 10.1 Å². The lowest BCUT2D eigenvalue weighted by molar-refractivity contribution is 0.417. The van der Waals surface area contributed by atoms with E-state index in [1.54, 1.807) is 25.6 Å². The summed E-state index contributed by atoms with van der Waals surface area (Å²) in [6.45, 7) is 0. The van der Waals surface area contributed by atoms with Gasteiger partial charge in [-0.25, -0.2) is 4.98 Å². The summed E-state index contributed by atoms with van der Waals surface area (Å²) in [5, 5.41) is 6.65. The second-order valence-electron chi connectivity index (χ2n) is 4.24. The quantitative estimate of drug-likeness (QED) is 0.763. The van der Waals surface area contributed by atoms with Crippen LogP contribution in [0, 0.1) is 0 Å². The van der Waals surface area contributed by atoms with Crippen molar-refractivity contribution in [3.63, 3.8) is 0 Å². The minimum atomic E-state index is 0.643. The Morgan fingerprint density at radius 1 is 1.19 bits per heavy atom. The zero-order valence-corrected chi connectivity index (χ0v) is 12.8. The molecule has 0 unspecified atom stereocenters. The van der Waals surface area contributed by atoms with E-state index in [1.165, 1.54) is 11.3 Å². The third-order valence-corrected chi connectivity index (χ3v) is 3.88. The SMILES string of the molecule is COc1ccc(Cl)cc1Nc1nc(-c2ccncc2)cs1. The lowest BCUT2D eigenvalue weighted by atomic mass is 10.2. The van der Waals surface area contributed by atoms with E-state index in [-0.39, 0.29) is 0 Å². The number of hydrogen-bond acceptors (Lipinski definition) is 5. The summed E-state index contributed by atoms with van der Waals surface area (Å²) in [6, 6.07) is 9.28. The predicted octanol–water partition coefficient (Wildman–Crippen LogP) is 4.61. The summed E-state index contributed by atoms with van der Waals surface area (Å²) in [6.07, 6.45) is 3.50. The maximum atomic E-state index is 6.02. The number of nitrogens with one attached hydrogen (secondary N) is 1. The van der Waals surface area contributed by atoms with Crippen molar-refractivity contribution in [3.05, 3.63) is 53.1 Å². The van der Waals surface area contributed by atoms with Crippen LogP contribution in [0.1, 0.15) is 0 Å². The first-order valence-corrected chi connectivity index (χ1v) is 7.48. The van der Waals surface area contributed by atoms with Gasteiger partial charge in [-0.2, -0.15) is 0 Å². The molecule has 6 heteroatoms. The van der Waals surface area contributed by atoms with Gasteiger partial charge in [-0.05, 0) is 30.3 Å². The second kappa shape index (κ2) is 6.11. The van der Waals surface area contributed by atoms with Crippen LogP contribution in [0.2, 0.25) is 5.02 Å². The molecule has 0 spiro atoms. The number of aromatic nitrogens is 2. The molecular formula is C15H12ClN3OS. The summed E-state index contributed by atoms with van der Waals surface area (Å²) in [5.41, 5.74) is 2.74. The van der Waals surface area contributed by atoms with Gasteiger partial charge in [0.1, 0.15) is 5.75 Å². The van der Waals surface area contributed by atoms with Gasteiger partial charge >= 0.3 is 0 Å². The summed E-state index contributed by atoms with van der Waals surface area (Å²) >= 11 is 7.54. The molecular weight excluding hydrogens is 306 g/mol. The van der Waals surface area contributed by atoms with Gasteiger partial charge in [-0.3, -0.25) is 4.98 Å². The maximum absolute atomic E-state index is 6.02. The average Bonchev–Trinajstić information content (AvgIpc) is 2.97. The molecule has 4 nitrogen and oxygen atoms in total. The Morgan fingerprint density at radius 2 is 2.00 bits per heavy atom. The Labute approximate surface area is 131 Å². The molecule has 0 aliphatic carbocycles. The highest BCUT2D eigenvalue weighted by Gasteiger charge is 2.08. The number of halogens is 1. The zero-order valence-electron chi connectivity index (χ0n) is 11.2. The number of methoxy groups -OCH3 is 1. The van der Waals surface area contributed by atoms with Crippen molar-refractivity contribution in [2.75, 3.05) is 12.4 Å². The van der Waals surface area contributed by atoms with Crippen LogP contribution >= 0.6 is 22.9 Å². The molecule has 0 radical (unpaired) electrons. The van der Waals surface area contributed by atoms with Crippen molar-refractivity contribution >= 4 is 33.8 Å². The van der Waals surface area contributed by atoms with Gasteiger partial charge in [0.05, 0.1) is 18.5 Å². The number of hydrogen-bond donors (Lipinski definition) is 1. The monoisotopic (exact) mass is 317 g/mol. The van der Waals surface area contributed by atoms with Crippen LogP contribution in [-0.4, -0.2) is 17.1 Å². The number of nitrogens with zero attached hydrogens (tertiary/aromatic N) is 2. The number of anilines is 2. The third-order valence-electron chi connectivity index (χ3n) is 2.88. The second-order valence-corrected chi connectivity index (χ2v) is 5.54. The fraction of sp³-hybridized carbons (Fsp3) is 0.0667. The smallest absolute Gasteiger partial charge is 0.187 e. The van der Waals surface area contributed by atoms with Crippen molar-refractivity contribution < 1.29 is 4.74 Å². The number of benzene rings is 1. The van der Waals surface area contributed by atoms with E-state index >= 15 is 0 Å². The zero-order chi connectivity index (χ0) is 14.7. The number of ether oxygens (including phenoxy) is 1. The highest BCUT2D eigenvalue weighted by atomic mass is 35.5. The highest BCUT2D eigenvalue weighted by Crippen LogP contribution is 2.33. The number of thiazole rings is 1. The van der Waals surface area contributed by atoms with Gasteiger partial charge in [0.15, 0.2) is 5.13 Å². The first-order chi connectivity index (χ1) is 10.3. The third kappa shape index (κ3) is 3.15. The molecule has 2 aromatic heterocycles. The van der Waals surface area contributed by atoms with E-state index in [4.69, 9.17) is 16.3 Å². The van der Waals surface area contributed by atoms with Crippen LogP contribution in [0.5, 0.6) is 5.75 Å². The lowest BCUT2D eigenvalue weighted by Gasteiger charge is -2.09. The minimum absolute atomic E-state index is 0.643. The van der Waals surface area contributed by atoms with Crippen molar-refractivity contribution in [2.24, 2.45) is 0 Å². The standard InChI is InChI=1S/C15H12ClN3OS/c1-20-14-3-2-11(16)8-12(14)18-15-19-13(9-21-15)10-4-6-17-7-5-10/h2-9H,1H3,(H,18,19). The van der Waals surface area contributed by atoms with E-state index in [1.807, 2.05) is 29.6 Å². The van der Waals surface area contributed by atoms with Crippen LogP contribution in [0.25, 0.3) is 11.3 Å². The summed E-state index contributed by atoms with van der Waals surface area (Å²) < 4.78 is 5.31. The molecule has 0 saturated carbocycles. The van der Waals surface area contributed by atoms with Gasteiger partial charge in [-0.15, -0.1) is 11.3 Å². The van der Waals surface area contributed by atoms with Crippen LogP contribution in [0.3, 0.4) is 0 Å². The van der Waals surface area contributed by atoms with E-state index in [2.05, 4.69) is 15.3 Å². The molecule has 0 aliphatic heterocycles. The molecule has 21 heavy (non-hydrogen) atoms. The molecule has 0 saturated heterocycles. The molecule has 0 fully saturated rings. The van der Waals surface area contributed by atoms with E-state index in [0.29, 0.717) is 5.02 Å². The van der Waals surface area contributed by atoms with Gasteiger partial charge in [0, 0.05) is 28.4 Å². The minimum Gasteiger partial charge on any atom is -0.495 e. The van der Waals surface area contributed by atoms with Gasteiger partial charge in [0.2, 0.25) is 0 Å². The van der Waals surface area contributed by atoms with E-state index in [9.17, 15) is 0 Å². The number of pyridine rings is 1. The van der Waals surface area contributed by atoms with Crippen LogP contribution in [-0.2, 0) is 0 Å². The molecule has 1 aromatic carbocycles. The average molecular weight is 318 g/mol. The summed E-state index contributed by atoms with van der Waals surface area (Å²) in [7, 11) is 1.62. The topological polar surface area (TPSA) is 47.0 Å². The molecule has 0 bridgehead atoms. The van der Waals surface area contributed by atoms with Crippen molar-refractivity contribution in [2.45, 2.75) is 0 Å². The predicted molar refractivity (Wildman–Crippen MR) is 86.6 cm³/mol. The van der Waals surface area contributed by atoms with Gasteiger partial charge in [0.25, 0.3) is 0 Å².